The van der Waals surface area contributed by atoms with Crippen LogP contribution in [0.25, 0.3) is 6.08 Å². The van der Waals surface area contributed by atoms with Crippen LogP contribution >= 0.6 is 23.2 Å². The zero-order chi connectivity index (χ0) is 17.5. The Bertz CT molecular complexity index is 736. The molecule has 0 radical (unpaired) electrons. The molecular weight excluding hydrogens is 351 g/mol. The molecule has 0 bridgehead atoms. The number of nitrogens with zero attached hydrogens (tertiary/aromatic N) is 1. The van der Waals surface area contributed by atoms with Gasteiger partial charge in [0.05, 0.1) is 5.02 Å². The highest BCUT2D eigenvalue weighted by molar-refractivity contribution is 6.36. The van der Waals surface area contributed by atoms with Crippen LogP contribution in [0.1, 0.15) is 12.0 Å². The summed E-state index contributed by atoms with van der Waals surface area (Å²) in [7, 11) is 1.59. The van der Waals surface area contributed by atoms with Gasteiger partial charge in [-0.15, -0.1) is 0 Å². The number of halogens is 2. The Morgan fingerprint density at radius 3 is 3.00 bits per heavy atom. The van der Waals surface area contributed by atoms with Crippen molar-refractivity contribution in [1.29, 1.82) is 5.26 Å². The van der Waals surface area contributed by atoms with Gasteiger partial charge in [0.25, 0.3) is 5.91 Å². The maximum absolute atomic E-state index is 12.0. The minimum atomic E-state index is -0.426. The van der Waals surface area contributed by atoms with Gasteiger partial charge in [0, 0.05) is 30.8 Å². The fourth-order valence-electron chi connectivity index (χ4n) is 2.17. The van der Waals surface area contributed by atoms with Gasteiger partial charge in [-0.1, -0.05) is 23.2 Å². The topological polar surface area (TPSA) is 71.3 Å². The van der Waals surface area contributed by atoms with Crippen molar-refractivity contribution in [3.63, 3.8) is 0 Å². The van der Waals surface area contributed by atoms with Crippen LogP contribution < -0.4 is 10.1 Å². The first-order chi connectivity index (χ1) is 11.5. The van der Waals surface area contributed by atoms with Crippen LogP contribution in [0.4, 0.5) is 0 Å². The molecule has 1 aliphatic heterocycles. The molecular formula is C17H16Cl2N2O3. The molecule has 1 aromatic carbocycles. The van der Waals surface area contributed by atoms with Crippen LogP contribution in [0.3, 0.4) is 0 Å². The molecule has 5 nitrogen and oxygen atoms in total. The number of hydrogen-bond acceptors (Lipinski definition) is 4. The molecule has 1 heterocycles. The highest BCUT2D eigenvalue weighted by atomic mass is 35.5. The molecule has 1 aromatic rings. The molecule has 126 valence electrons. The summed E-state index contributed by atoms with van der Waals surface area (Å²) in [5.74, 6) is 0.116. The van der Waals surface area contributed by atoms with Gasteiger partial charge in [-0.05, 0) is 36.3 Å². The average Bonchev–Trinajstić information content (AvgIpc) is 2.55. The average molecular weight is 367 g/mol. The number of carbonyl (C=O) groups is 1. The molecule has 0 atom stereocenters. The van der Waals surface area contributed by atoms with E-state index in [0.29, 0.717) is 46.5 Å². The van der Waals surface area contributed by atoms with Crippen molar-refractivity contribution in [1.82, 2.24) is 5.32 Å². The normalized spacial score (nSPS) is 13.4. The molecule has 0 spiro atoms. The number of amides is 1. The molecule has 2 rings (SSSR count). The number of carbonyl (C=O) groups excluding carboxylic acids is 1. The lowest BCUT2D eigenvalue weighted by atomic mass is 10.0. The first-order valence-electron chi connectivity index (χ1n) is 7.26. The lowest BCUT2D eigenvalue weighted by Gasteiger charge is -2.18. The molecule has 0 aliphatic carbocycles. The van der Waals surface area contributed by atoms with E-state index in [9.17, 15) is 10.1 Å². The summed E-state index contributed by atoms with van der Waals surface area (Å²) in [6, 6.07) is 5.22. The molecule has 0 saturated heterocycles. The van der Waals surface area contributed by atoms with Crippen molar-refractivity contribution in [2.24, 2.45) is 0 Å². The van der Waals surface area contributed by atoms with Gasteiger partial charge in [0.2, 0.25) is 0 Å². The predicted octanol–water partition coefficient (Wildman–Crippen LogP) is 3.37. The third-order valence-electron chi connectivity index (χ3n) is 3.27. The molecule has 0 unspecified atom stereocenters. The van der Waals surface area contributed by atoms with E-state index in [2.05, 4.69) is 5.32 Å². The molecule has 0 saturated carbocycles. The van der Waals surface area contributed by atoms with Gasteiger partial charge in [-0.25, -0.2) is 0 Å². The lowest BCUT2D eigenvalue weighted by molar-refractivity contribution is -0.117. The molecule has 1 aliphatic rings. The van der Waals surface area contributed by atoms with Crippen LogP contribution in [0, 0.1) is 11.3 Å². The van der Waals surface area contributed by atoms with E-state index in [0.717, 1.165) is 0 Å². The van der Waals surface area contributed by atoms with E-state index in [-0.39, 0.29) is 12.2 Å². The van der Waals surface area contributed by atoms with Gasteiger partial charge < -0.3 is 14.8 Å². The van der Waals surface area contributed by atoms with Gasteiger partial charge in [-0.2, -0.15) is 5.26 Å². The number of hydrogen-bond donors (Lipinski definition) is 1. The smallest absolute Gasteiger partial charge is 0.261 e. The van der Waals surface area contributed by atoms with E-state index >= 15 is 0 Å². The molecule has 1 N–H and O–H groups in total. The van der Waals surface area contributed by atoms with E-state index in [4.69, 9.17) is 32.7 Å². The second kappa shape index (κ2) is 8.74. The van der Waals surface area contributed by atoms with Gasteiger partial charge in [-0.3, -0.25) is 4.79 Å². The van der Waals surface area contributed by atoms with Crippen LogP contribution in [-0.2, 0) is 9.53 Å². The third kappa shape index (κ3) is 4.75. The van der Waals surface area contributed by atoms with E-state index in [1.54, 1.807) is 25.3 Å². The minimum Gasteiger partial charge on any atom is -0.487 e. The van der Waals surface area contributed by atoms with Crippen molar-refractivity contribution >= 4 is 35.2 Å². The number of ether oxygens (including phenoxy) is 2. The monoisotopic (exact) mass is 366 g/mol. The van der Waals surface area contributed by atoms with Crippen molar-refractivity contribution in [2.75, 3.05) is 26.9 Å². The lowest BCUT2D eigenvalue weighted by Crippen LogP contribution is -2.26. The number of fused-ring (bicyclic) bond motifs is 1. The Kier molecular flexibility index (Phi) is 6.68. The highest BCUT2D eigenvalue weighted by Crippen LogP contribution is 2.36. The van der Waals surface area contributed by atoms with Crippen molar-refractivity contribution in [3.8, 4) is 11.8 Å². The third-order valence-corrected chi connectivity index (χ3v) is 3.77. The fraction of sp³-hybridized carbons (Fsp3) is 0.294. The van der Waals surface area contributed by atoms with E-state index < -0.39 is 5.91 Å². The summed E-state index contributed by atoms with van der Waals surface area (Å²) >= 11 is 12.1. The minimum absolute atomic E-state index is 0.0128. The fourth-order valence-corrected chi connectivity index (χ4v) is 2.73. The number of nitrogens with one attached hydrogen (secondary N) is 1. The molecule has 1 amide bonds. The second-order valence-corrected chi connectivity index (χ2v) is 5.93. The van der Waals surface area contributed by atoms with Crippen LogP contribution in [0.15, 0.2) is 29.4 Å². The van der Waals surface area contributed by atoms with Gasteiger partial charge in [0.15, 0.2) is 0 Å². The highest BCUT2D eigenvalue weighted by Gasteiger charge is 2.16. The van der Waals surface area contributed by atoms with E-state index in [1.165, 1.54) is 6.08 Å². The zero-order valence-corrected chi connectivity index (χ0v) is 14.6. The summed E-state index contributed by atoms with van der Waals surface area (Å²) in [6.07, 6.45) is 3.98. The Labute approximate surface area is 150 Å². The van der Waals surface area contributed by atoms with Crippen molar-refractivity contribution in [3.05, 3.63) is 45.0 Å². The second-order valence-electron chi connectivity index (χ2n) is 5.09. The maximum Gasteiger partial charge on any atom is 0.261 e. The summed E-state index contributed by atoms with van der Waals surface area (Å²) < 4.78 is 10.5. The summed E-state index contributed by atoms with van der Waals surface area (Å²) in [6.45, 7) is 1.20. The standard InChI is InChI=1S/C17H16Cl2N2O3/c1-23-4-2-3-21-17(22)13(9-20)6-11-5-12-7-14(18)8-15(19)16(12)24-10-11/h5-8H,2-4,10H2,1H3,(H,21,22)/b13-6-. The van der Waals surface area contributed by atoms with Gasteiger partial charge >= 0.3 is 0 Å². The number of methoxy groups -OCH3 is 1. The molecule has 0 aromatic heterocycles. The summed E-state index contributed by atoms with van der Waals surface area (Å²) in [5.41, 5.74) is 1.41. The zero-order valence-electron chi connectivity index (χ0n) is 13.1. The van der Waals surface area contributed by atoms with Gasteiger partial charge in [0.1, 0.15) is 24.0 Å². The quantitative estimate of drug-likeness (QED) is 0.475. The number of benzene rings is 1. The maximum atomic E-state index is 12.0. The van der Waals surface area contributed by atoms with Crippen molar-refractivity contribution < 1.29 is 14.3 Å². The SMILES string of the molecule is COCCCNC(=O)/C(C#N)=C\C1=Cc2cc(Cl)cc(Cl)c2OC1. The molecule has 0 fully saturated rings. The van der Waals surface area contributed by atoms with Crippen LogP contribution in [-0.4, -0.2) is 32.8 Å². The molecule has 24 heavy (non-hydrogen) atoms. The first-order valence-corrected chi connectivity index (χ1v) is 8.02. The largest absolute Gasteiger partial charge is 0.487 e. The number of nitriles is 1. The first kappa shape index (κ1) is 18.3. The Hall–Kier alpha value is -2.00. The van der Waals surface area contributed by atoms with Crippen molar-refractivity contribution in [2.45, 2.75) is 6.42 Å². The number of rotatable bonds is 6. The Morgan fingerprint density at radius 2 is 2.29 bits per heavy atom. The van der Waals surface area contributed by atoms with Crippen LogP contribution in [0.2, 0.25) is 10.0 Å². The Morgan fingerprint density at radius 1 is 1.50 bits per heavy atom. The Balaban J connectivity index is 2.15. The summed E-state index contributed by atoms with van der Waals surface area (Å²) in [4.78, 5) is 12.0. The molecule has 7 heteroatoms. The summed E-state index contributed by atoms with van der Waals surface area (Å²) in [5, 5.41) is 12.8. The van der Waals surface area contributed by atoms with E-state index in [1.807, 2.05) is 6.07 Å². The van der Waals surface area contributed by atoms with Crippen LogP contribution in [0.5, 0.6) is 5.75 Å². The predicted molar refractivity (Wildman–Crippen MR) is 93.1 cm³/mol.